The van der Waals surface area contributed by atoms with Gasteiger partial charge in [-0.15, -0.1) is 0 Å². The lowest BCUT2D eigenvalue weighted by molar-refractivity contribution is 0.0951. The Balaban J connectivity index is 1.47. The Morgan fingerprint density at radius 3 is 2.59 bits per heavy atom. The average molecular weight is 361 g/mol. The van der Waals surface area contributed by atoms with E-state index in [0.717, 1.165) is 23.1 Å². The zero-order valence-electron chi connectivity index (χ0n) is 16.1. The van der Waals surface area contributed by atoms with Gasteiger partial charge in [0, 0.05) is 35.2 Å². The van der Waals surface area contributed by atoms with Crippen molar-refractivity contribution in [3.8, 4) is 0 Å². The van der Waals surface area contributed by atoms with Crippen LogP contribution in [-0.4, -0.2) is 28.9 Å². The van der Waals surface area contributed by atoms with Gasteiger partial charge in [-0.05, 0) is 74.7 Å². The highest BCUT2D eigenvalue weighted by atomic mass is 16.1. The van der Waals surface area contributed by atoms with E-state index in [9.17, 15) is 4.79 Å². The summed E-state index contributed by atoms with van der Waals surface area (Å²) in [6.07, 6.45) is 2.58. The number of aromatic nitrogens is 1. The second kappa shape index (κ2) is 7.57. The van der Waals surface area contributed by atoms with Gasteiger partial charge in [0.25, 0.3) is 5.91 Å². The summed E-state index contributed by atoms with van der Waals surface area (Å²) in [4.78, 5) is 18.6. The molecule has 1 aliphatic heterocycles. The van der Waals surface area contributed by atoms with Crippen LogP contribution in [0.2, 0.25) is 0 Å². The van der Waals surface area contributed by atoms with Gasteiger partial charge in [0.1, 0.15) is 0 Å². The predicted molar refractivity (Wildman–Crippen MR) is 110 cm³/mol. The van der Waals surface area contributed by atoms with Gasteiger partial charge in [-0.3, -0.25) is 9.69 Å². The molecule has 1 fully saturated rings. The first-order chi connectivity index (χ1) is 13.1. The van der Waals surface area contributed by atoms with Crippen molar-refractivity contribution < 1.29 is 4.79 Å². The first kappa shape index (κ1) is 17.8. The van der Waals surface area contributed by atoms with Crippen LogP contribution in [0.1, 0.15) is 45.6 Å². The third-order valence-corrected chi connectivity index (χ3v) is 5.72. The summed E-state index contributed by atoms with van der Waals surface area (Å²) < 4.78 is 0. The third-order valence-electron chi connectivity index (χ3n) is 5.72. The number of benzene rings is 2. The van der Waals surface area contributed by atoms with E-state index >= 15 is 0 Å². The normalized spacial score (nSPS) is 14.7. The lowest BCUT2D eigenvalue weighted by Gasteiger charge is -2.17. The third kappa shape index (κ3) is 3.76. The minimum atomic E-state index is -0.0221. The fraction of sp³-hybridized carbons (Fsp3) is 0.348. The molecule has 1 aromatic heterocycles. The molecule has 0 unspecified atom stereocenters. The topological polar surface area (TPSA) is 48.1 Å². The summed E-state index contributed by atoms with van der Waals surface area (Å²) in [7, 11) is 0. The first-order valence-electron chi connectivity index (χ1n) is 9.78. The van der Waals surface area contributed by atoms with Crippen molar-refractivity contribution in [2.45, 2.75) is 39.8 Å². The number of nitrogens with one attached hydrogen (secondary N) is 2. The van der Waals surface area contributed by atoms with E-state index in [1.165, 1.54) is 42.6 Å². The van der Waals surface area contributed by atoms with Gasteiger partial charge >= 0.3 is 0 Å². The van der Waals surface area contributed by atoms with Gasteiger partial charge in [0.2, 0.25) is 0 Å². The molecule has 2 heterocycles. The Labute approximate surface area is 160 Å². The number of amides is 1. The molecule has 1 saturated heterocycles. The number of hydrogen-bond donors (Lipinski definition) is 2. The number of carbonyl (C=O) groups is 1. The molecule has 2 aromatic carbocycles. The molecule has 0 spiro atoms. The van der Waals surface area contributed by atoms with Crippen molar-refractivity contribution in [3.63, 3.8) is 0 Å². The van der Waals surface area contributed by atoms with Crippen molar-refractivity contribution in [1.29, 1.82) is 0 Å². The molecule has 0 aliphatic carbocycles. The summed E-state index contributed by atoms with van der Waals surface area (Å²) in [5, 5.41) is 4.22. The maximum atomic E-state index is 12.7. The van der Waals surface area contributed by atoms with Crippen LogP contribution < -0.4 is 5.32 Å². The summed E-state index contributed by atoms with van der Waals surface area (Å²) in [5.41, 5.74) is 6.66. The van der Waals surface area contributed by atoms with E-state index in [1.54, 1.807) is 0 Å². The molecule has 0 atom stereocenters. The molecule has 4 nitrogen and oxygen atoms in total. The molecule has 140 valence electrons. The van der Waals surface area contributed by atoms with Gasteiger partial charge in [-0.25, -0.2) is 0 Å². The Hall–Kier alpha value is -2.59. The largest absolute Gasteiger partial charge is 0.358 e. The second-order valence-electron chi connectivity index (χ2n) is 7.57. The predicted octanol–water partition coefficient (Wildman–Crippen LogP) is 4.31. The first-order valence-corrected chi connectivity index (χ1v) is 9.78. The Kier molecular flexibility index (Phi) is 4.99. The minimum absolute atomic E-state index is 0.0221. The highest BCUT2D eigenvalue weighted by molar-refractivity contribution is 5.99. The van der Waals surface area contributed by atoms with Crippen LogP contribution >= 0.6 is 0 Å². The molecule has 3 aromatic rings. The Morgan fingerprint density at radius 1 is 1.07 bits per heavy atom. The molecular formula is C23H27N3O. The zero-order chi connectivity index (χ0) is 18.8. The highest BCUT2D eigenvalue weighted by Gasteiger charge is 2.14. The van der Waals surface area contributed by atoms with Gasteiger partial charge < -0.3 is 10.3 Å². The maximum absolute atomic E-state index is 12.7. The van der Waals surface area contributed by atoms with Crippen molar-refractivity contribution in [3.05, 3.63) is 70.4 Å². The number of rotatable bonds is 5. The number of H-pyrrole nitrogens is 1. The molecular weight excluding hydrogens is 334 g/mol. The fourth-order valence-electron chi connectivity index (χ4n) is 3.95. The lowest BCUT2D eigenvalue weighted by Crippen LogP contribution is -2.25. The number of aromatic amines is 1. The molecule has 27 heavy (non-hydrogen) atoms. The molecule has 4 heteroatoms. The molecule has 0 saturated carbocycles. The van der Waals surface area contributed by atoms with E-state index in [-0.39, 0.29) is 5.91 Å². The minimum Gasteiger partial charge on any atom is -0.358 e. The molecule has 0 radical (unpaired) electrons. The van der Waals surface area contributed by atoms with Crippen LogP contribution in [0, 0.1) is 13.8 Å². The van der Waals surface area contributed by atoms with Crippen LogP contribution in [0.5, 0.6) is 0 Å². The SMILES string of the molecule is Cc1[nH]c2ccc(C(=O)NCc3ccccc3CN3CCCC3)cc2c1C. The zero-order valence-corrected chi connectivity index (χ0v) is 16.1. The van der Waals surface area contributed by atoms with E-state index in [4.69, 9.17) is 0 Å². The monoisotopic (exact) mass is 361 g/mol. The van der Waals surface area contributed by atoms with Gasteiger partial charge in [0.05, 0.1) is 0 Å². The number of carbonyl (C=O) groups excluding carboxylic acids is 1. The standard InChI is InChI=1S/C23H27N3O/c1-16-17(2)25-22-10-9-18(13-21(16)22)23(27)24-14-19-7-3-4-8-20(19)15-26-11-5-6-12-26/h3-4,7-10,13,25H,5-6,11-12,14-15H2,1-2H3,(H,24,27). The molecule has 1 amide bonds. The Morgan fingerprint density at radius 2 is 1.81 bits per heavy atom. The van der Waals surface area contributed by atoms with Gasteiger partial charge in [-0.2, -0.15) is 0 Å². The van der Waals surface area contributed by atoms with Crippen LogP contribution in [0.3, 0.4) is 0 Å². The summed E-state index contributed by atoms with van der Waals surface area (Å²) >= 11 is 0. The van der Waals surface area contributed by atoms with Crippen LogP contribution in [0.4, 0.5) is 0 Å². The van der Waals surface area contributed by atoms with Gasteiger partial charge in [-0.1, -0.05) is 24.3 Å². The van der Waals surface area contributed by atoms with Crippen molar-refractivity contribution in [2.24, 2.45) is 0 Å². The molecule has 2 N–H and O–H groups in total. The van der Waals surface area contributed by atoms with E-state index in [0.29, 0.717) is 12.1 Å². The molecule has 0 bridgehead atoms. The average Bonchev–Trinajstić information content (AvgIpc) is 3.29. The van der Waals surface area contributed by atoms with Crippen molar-refractivity contribution >= 4 is 16.8 Å². The van der Waals surface area contributed by atoms with Gasteiger partial charge in [0.15, 0.2) is 0 Å². The second-order valence-corrected chi connectivity index (χ2v) is 7.57. The van der Waals surface area contributed by atoms with E-state index in [2.05, 4.69) is 47.2 Å². The lowest BCUT2D eigenvalue weighted by atomic mass is 10.1. The molecule has 4 rings (SSSR count). The number of nitrogens with zero attached hydrogens (tertiary/aromatic N) is 1. The van der Waals surface area contributed by atoms with Crippen molar-refractivity contribution in [1.82, 2.24) is 15.2 Å². The summed E-state index contributed by atoms with van der Waals surface area (Å²) in [6, 6.07) is 14.3. The molecule has 1 aliphatic rings. The summed E-state index contributed by atoms with van der Waals surface area (Å²) in [6.45, 7) is 8.04. The van der Waals surface area contributed by atoms with Crippen LogP contribution in [-0.2, 0) is 13.1 Å². The smallest absolute Gasteiger partial charge is 0.251 e. The maximum Gasteiger partial charge on any atom is 0.251 e. The quantitative estimate of drug-likeness (QED) is 0.711. The number of fused-ring (bicyclic) bond motifs is 1. The van der Waals surface area contributed by atoms with Crippen LogP contribution in [0.25, 0.3) is 10.9 Å². The van der Waals surface area contributed by atoms with E-state index in [1.807, 2.05) is 24.3 Å². The van der Waals surface area contributed by atoms with Crippen molar-refractivity contribution in [2.75, 3.05) is 13.1 Å². The number of aryl methyl sites for hydroxylation is 2. The Bertz CT molecular complexity index is 967. The number of likely N-dealkylation sites (tertiary alicyclic amines) is 1. The van der Waals surface area contributed by atoms with E-state index < -0.39 is 0 Å². The highest BCUT2D eigenvalue weighted by Crippen LogP contribution is 2.22. The number of hydrogen-bond acceptors (Lipinski definition) is 2. The fourth-order valence-corrected chi connectivity index (χ4v) is 3.95. The van der Waals surface area contributed by atoms with Crippen LogP contribution in [0.15, 0.2) is 42.5 Å². The summed E-state index contributed by atoms with van der Waals surface area (Å²) in [5.74, 6) is -0.0221.